The van der Waals surface area contributed by atoms with Crippen molar-refractivity contribution in [1.82, 2.24) is 0 Å². The van der Waals surface area contributed by atoms with Gasteiger partial charge in [-0.15, -0.1) is 0 Å². The van der Waals surface area contributed by atoms with Crippen LogP contribution in [0.3, 0.4) is 0 Å². The number of non-ortho nitro benzene ring substituents is 1. The van der Waals surface area contributed by atoms with E-state index < -0.39 is 10.9 Å². The molecule has 0 fully saturated rings. The molecule has 1 amide bonds. The fraction of sp³-hybridized carbons (Fsp3) is 0.333. The summed E-state index contributed by atoms with van der Waals surface area (Å²) in [6.07, 6.45) is 0.210. The second kappa shape index (κ2) is 5.94. The third kappa shape index (κ3) is 4.06. The number of hydrogen-bond donors (Lipinski definition) is 2. The number of nitro groups is 1. The number of nitro benzene ring substituents is 1. The molecule has 0 aliphatic carbocycles. The van der Waals surface area contributed by atoms with Gasteiger partial charge >= 0.3 is 5.97 Å². The Morgan fingerprint density at radius 2 is 2.05 bits per heavy atom. The normalized spacial score (nSPS) is 10.3. The molecule has 1 rings (SSSR count). The molecule has 0 unspecified atom stereocenters. The van der Waals surface area contributed by atoms with Gasteiger partial charge in [0.05, 0.1) is 16.2 Å². The van der Waals surface area contributed by atoms with Gasteiger partial charge in [0, 0.05) is 18.6 Å². The minimum absolute atomic E-state index is 0.0626. The highest BCUT2D eigenvalue weighted by molar-refractivity contribution is 6.01. The number of benzene rings is 1. The molecule has 0 aliphatic heterocycles. The molecule has 0 bridgehead atoms. The first kappa shape index (κ1) is 14.6. The van der Waals surface area contributed by atoms with Gasteiger partial charge in [-0.3, -0.25) is 14.9 Å². The number of amides is 1. The fourth-order valence-electron chi connectivity index (χ4n) is 1.51. The Morgan fingerprint density at radius 1 is 1.42 bits per heavy atom. The smallest absolute Gasteiger partial charge is 0.337 e. The lowest BCUT2D eigenvalue weighted by atomic mass is 10.1. The maximum absolute atomic E-state index is 11.6. The summed E-state index contributed by atoms with van der Waals surface area (Å²) in [5.74, 6) is -1.53. The van der Waals surface area contributed by atoms with E-state index in [0.717, 1.165) is 18.2 Å². The lowest BCUT2D eigenvalue weighted by Gasteiger charge is -2.09. The first-order valence-corrected chi connectivity index (χ1v) is 5.63. The van der Waals surface area contributed by atoms with Crippen LogP contribution >= 0.6 is 0 Å². The van der Waals surface area contributed by atoms with E-state index in [0.29, 0.717) is 0 Å². The molecule has 0 aromatic heterocycles. The molecule has 0 saturated heterocycles. The minimum Gasteiger partial charge on any atom is -0.478 e. The summed E-state index contributed by atoms with van der Waals surface area (Å²) in [6.45, 7) is 3.68. The van der Waals surface area contributed by atoms with E-state index in [-0.39, 0.29) is 35.2 Å². The van der Waals surface area contributed by atoms with Crippen LogP contribution < -0.4 is 5.32 Å². The Bertz CT molecular complexity index is 525. The largest absolute Gasteiger partial charge is 0.478 e. The van der Waals surface area contributed by atoms with Crippen LogP contribution in [0.1, 0.15) is 30.6 Å². The van der Waals surface area contributed by atoms with Crippen molar-refractivity contribution in [2.24, 2.45) is 5.92 Å². The highest BCUT2D eigenvalue weighted by atomic mass is 16.6. The average molecular weight is 266 g/mol. The zero-order chi connectivity index (χ0) is 14.6. The number of aromatic carboxylic acids is 1. The number of nitrogens with zero attached hydrogens (tertiary/aromatic N) is 1. The van der Waals surface area contributed by atoms with Crippen LogP contribution in [0.25, 0.3) is 0 Å². The Morgan fingerprint density at radius 3 is 2.53 bits per heavy atom. The van der Waals surface area contributed by atoms with Gasteiger partial charge in [-0.1, -0.05) is 13.8 Å². The van der Waals surface area contributed by atoms with E-state index >= 15 is 0 Å². The number of carbonyl (C=O) groups excluding carboxylic acids is 1. The van der Waals surface area contributed by atoms with Gasteiger partial charge in [0.15, 0.2) is 0 Å². The average Bonchev–Trinajstić information content (AvgIpc) is 2.26. The summed E-state index contributed by atoms with van der Waals surface area (Å²) in [5.41, 5.74) is -0.514. The van der Waals surface area contributed by atoms with Crippen molar-refractivity contribution in [3.63, 3.8) is 0 Å². The molecule has 7 nitrogen and oxygen atoms in total. The van der Waals surface area contributed by atoms with Gasteiger partial charge in [0.2, 0.25) is 5.91 Å². The summed E-state index contributed by atoms with van der Waals surface area (Å²) < 4.78 is 0. The van der Waals surface area contributed by atoms with Crippen molar-refractivity contribution in [3.05, 3.63) is 33.9 Å². The molecule has 0 radical (unpaired) electrons. The van der Waals surface area contributed by atoms with Crippen molar-refractivity contribution < 1.29 is 19.6 Å². The van der Waals surface area contributed by atoms with Gasteiger partial charge in [-0.25, -0.2) is 4.79 Å². The van der Waals surface area contributed by atoms with E-state index in [4.69, 9.17) is 5.11 Å². The Balaban J connectivity index is 3.07. The Hall–Kier alpha value is -2.44. The molecule has 0 saturated carbocycles. The van der Waals surface area contributed by atoms with E-state index in [1.165, 1.54) is 0 Å². The first-order chi connectivity index (χ1) is 8.81. The predicted octanol–water partition coefficient (Wildman–Crippen LogP) is 2.28. The molecule has 1 aromatic rings. The van der Waals surface area contributed by atoms with Crippen LogP contribution in [0.15, 0.2) is 18.2 Å². The van der Waals surface area contributed by atoms with E-state index in [1.54, 1.807) is 0 Å². The van der Waals surface area contributed by atoms with Gasteiger partial charge < -0.3 is 10.4 Å². The second-order valence-electron chi connectivity index (χ2n) is 4.44. The summed E-state index contributed by atoms with van der Waals surface area (Å²) in [4.78, 5) is 32.6. The standard InChI is InChI=1S/C12H14N2O5/c1-7(2)5-11(15)13-10-6-8(14(18)19)3-4-9(10)12(16)17/h3-4,6-7H,5H2,1-2H3,(H,13,15)(H,16,17). The fourth-order valence-corrected chi connectivity index (χ4v) is 1.51. The maximum atomic E-state index is 11.6. The number of carboxylic acid groups (broad SMARTS) is 1. The van der Waals surface area contributed by atoms with Gasteiger partial charge in [0.25, 0.3) is 5.69 Å². The third-order valence-electron chi connectivity index (χ3n) is 2.31. The van der Waals surface area contributed by atoms with Gasteiger partial charge in [-0.05, 0) is 12.0 Å². The molecule has 102 valence electrons. The number of nitrogens with one attached hydrogen (secondary N) is 1. The first-order valence-electron chi connectivity index (χ1n) is 5.63. The topological polar surface area (TPSA) is 110 Å². The molecule has 0 aliphatic rings. The van der Waals surface area contributed by atoms with Gasteiger partial charge in [0.1, 0.15) is 0 Å². The number of rotatable bonds is 5. The van der Waals surface area contributed by atoms with E-state index in [1.807, 2.05) is 13.8 Å². The van der Waals surface area contributed by atoms with E-state index in [9.17, 15) is 19.7 Å². The van der Waals surface area contributed by atoms with Crippen molar-refractivity contribution in [2.75, 3.05) is 5.32 Å². The summed E-state index contributed by atoms with van der Waals surface area (Å²) in [6, 6.07) is 3.23. The molecule has 0 atom stereocenters. The number of hydrogen-bond acceptors (Lipinski definition) is 4. The number of anilines is 1. The molecule has 2 N–H and O–H groups in total. The minimum atomic E-state index is -1.25. The molecule has 0 heterocycles. The summed E-state index contributed by atoms with van der Waals surface area (Å²) in [5, 5.41) is 22.0. The quantitative estimate of drug-likeness (QED) is 0.627. The van der Waals surface area contributed by atoms with Crippen molar-refractivity contribution in [2.45, 2.75) is 20.3 Å². The van der Waals surface area contributed by atoms with Crippen LogP contribution in [-0.2, 0) is 4.79 Å². The Labute approximate surface area is 109 Å². The van der Waals surface area contributed by atoms with Crippen LogP contribution in [0, 0.1) is 16.0 Å². The van der Waals surface area contributed by atoms with Crippen molar-refractivity contribution in [1.29, 1.82) is 0 Å². The number of carbonyl (C=O) groups is 2. The third-order valence-corrected chi connectivity index (χ3v) is 2.31. The molecule has 1 aromatic carbocycles. The second-order valence-corrected chi connectivity index (χ2v) is 4.44. The van der Waals surface area contributed by atoms with Crippen LogP contribution in [0.5, 0.6) is 0 Å². The summed E-state index contributed by atoms with van der Waals surface area (Å²) in [7, 11) is 0. The lowest BCUT2D eigenvalue weighted by molar-refractivity contribution is -0.384. The Kier molecular flexibility index (Phi) is 4.57. The van der Waals surface area contributed by atoms with E-state index in [2.05, 4.69) is 5.32 Å². The van der Waals surface area contributed by atoms with Crippen LogP contribution in [0.4, 0.5) is 11.4 Å². The molecular formula is C12H14N2O5. The zero-order valence-corrected chi connectivity index (χ0v) is 10.5. The van der Waals surface area contributed by atoms with Crippen molar-refractivity contribution >= 4 is 23.3 Å². The molecule has 19 heavy (non-hydrogen) atoms. The summed E-state index contributed by atoms with van der Waals surface area (Å²) >= 11 is 0. The monoisotopic (exact) mass is 266 g/mol. The zero-order valence-electron chi connectivity index (χ0n) is 10.5. The highest BCUT2D eigenvalue weighted by Gasteiger charge is 2.17. The van der Waals surface area contributed by atoms with Crippen LogP contribution in [-0.4, -0.2) is 21.9 Å². The highest BCUT2D eigenvalue weighted by Crippen LogP contribution is 2.23. The molecular weight excluding hydrogens is 252 g/mol. The predicted molar refractivity (Wildman–Crippen MR) is 68.1 cm³/mol. The van der Waals surface area contributed by atoms with Crippen LogP contribution in [0.2, 0.25) is 0 Å². The van der Waals surface area contributed by atoms with Gasteiger partial charge in [-0.2, -0.15) is 0 Å². The number of carboxylic acids is 1. The molecule has 7 heteroatoms. The van der Waals surface area contributed by atoms with Crippen molar-refractivity contribution in [3.8, 4) is 0 Å². The lowest BCUT2D eigenvalue weighted by Crippen LogP contribution is -2.16. The molecule has 0 spiro atoms. The SMILES string of the molecule is CC(C)CC(=O)Nc1cc([N+](=O)[O-])ccc1C(=O)O. The maximum Gasteiger partial charge on any atom is 0.337 e.